The number of aliphatic imine (C=N–C) groups is 1. The van der Waals surface area contributed by atoms with E-state index >= 15 is 0 Å². The fourth-order valence-corrected chi connectivity index (χ4v) is 2.44. The fourth-order valence-electron chi connectivity index (χ4n) is 2.44. The number of nitrogens with one attached hydrogen (secondary N) is 1. The van der Waals surface area contributed by atoms with Crippen molar-refractivity contribution in [3.63, 3.8) is 0 Å². The Labute approximate surface area is 171 Å². The second-order valence-corrected chi connectivity index (χ2v) is 6.15. The van der Waals surface area contributed by atoms with Crippen molar-refractivity contribution in [3.05, 3.63) is 84.2 Å². The number of anilines is 1. The number of alkyl halides is 3. The third kappa shape index (κ3) is 7.01. The molecule has 0 unspecified atom stereocenters. The first kappa shape index (κ1) is 21.0. The predicted octanol–water partition coefficient (Wildman–Crippen LogP) is 4.49. The van der Waals surface area contributed by atoms with Gasteiger partial charge in [-0.15, -0.1) is 13.2 Å². The molecule has 0 bridgehead atoms. The summed E-state index contributed by atoms with van der Waals surface area (Å²) in [4.78, 5) is 8.41. The molecule has 30 heavy (non-hydrogen) atoms. The van der Waals surface area contributed by atoms with Crippen LogP contribution in [0.25, 0.3) is 0 Å². The van der Waals surface area contributed by atoms with Gasteiger partial charge in [0.05, 0.1) is 12.2 Å². The number of guanidine groups is 1. The highest BCUT2D eigenvalue weighted by molar-refractivity contribution is 5.92. The van der Waals surface area contributed by atoms with Crippen LogP contribution in [0.1, 0.15) is 11.3 Å². The van der Waals surface area contributed by atoms with E-state index in [2.05, 4.69) is 20.0 Å². The van der Waals surface area contributed by atoms with Crippen molar-refractivity contribution in [1.82, 2.24) is 4.98 Å². The van der Waals surface area contributed by atoms with Crippen LogP contribution < -0.4 is 20.5 Å². The number of pyridine rings is 1. The van der Waals surface area contributed by atoms with Crippen LogP contribution in [0.4, 0.5) is 18.9 Å². The molecule has 0 atom stereocenters. The second-order valence-electron chi connectivity index (χ2n) is 6.15. The maximum Gasteiger partial charge on any atom is 0.573 e. The Kier molecular flexibility index (Phi) is 6.74. The summed E-state index contributed by atoms with van der Waals surface area (Å²) in [5.74, 6) is 0.532. The SMILES string of the molecule is NC(=NCc1ccc(OCc2ccccn2)cc1)Nc1ccc(OC(F)(F)F)cc1. The molecule has 0 radical (unpaired) electrons. The molecule has 2 aromatic carbocycles. The number of halogens is 3. The van der Waals surface area contributed by atoms with Crippen molar-refractivity contribution in [2.75, 3.05) is 5.32 Å². The average Bonchev–Trinajstić information content (AvgIpc) is 2.73. The quantitative estimate of drug-likeness (QED) is 0.438. The molecule has 0 aliphatic heterocycles. The summed E-state index contributed by atoms with van der Waals surface area (Å²) < 4.78 is 46.0. The Morgan fingerprint density at radius 2 is 1.67 bits per heavy atom. The van der Waals surface area contributed by atoms with Gasteiger partial charge in [0.1, 0.15) is 18.1 Å². The number of benzene rings is 2. The second kappa shape index (κ2) is 9.64. The van der Waals surface area contributed by atoms with Gasteiger partial charge in [-0.25, -0.2) is 4.99 Å². The summed E-state index contributed by atoms with van der Waals surface area (Å²) in [6, 6.07) is 18.2. The standard InChI is InChI=1S/C21H19F3N4O2/c22-21(23,24)30-19-10-6-16(7-11-19)28-20(25)27-13-15-4-8-18(9-5-15)29-14-17-3-1-2-12-26-17/h1-12H,13-14H2,(H3,25,27,28). The lowest BCUT2D eigenvalue weighted by atomic mass is 10.2. The van der Waals surface area contributed by atoms with E-state index in [9.17, 15) is 13.2 Å². The van der Waals surface area contributed by atoms with E-state index in [0.717, 1.165) is 11.3 Å². The number of nitrogens with zero attached hydrogens (tertiary/aromatic N) is 2. The van der Waals surface area contributed by atoms with E-state index in [-0.39, 0.29) is 11.7 Å². The molecule has 0 aliphatic rings. The van der Waals surface area contributed by atoms with Gasteiger partial charge in [-0.2, -0.15) is 0 Å². The van der Waals surface area contributed by atoms with Crippen LogP contribution in [-0.4, -0.2) is 17.3 Å². The molecule has 0 aliphatic carbocycles. The zero-order valence-corrected chi connectivity index (χ0v) is 15.8. The van der Waals surface area contributed by atoms with E-state index in [1.165, 1.54) is 24.3 Å². The van der Waals surface area contributed by atoms with Crippen LogP contribution in [0.5, 0.6) is 11.5 Å². The molecule has 0 spiro atoms. The van der Waals surface area contributed by atoms with E-state index in [1.807, 2.05) is 42.5 Å². The van der Waals surface area contributed by atoms with Crippen LogP contribution in [-0.2, 0) is 13.2 Å². The molecule has 0 fully saturated rings. The Bertz CT molecular complexity index is 960. The first-order chi connectivity index (χ1) is 14.4. The van der Waals surface area contributed by atoms with Gasteiger partial charge in [0, 0.05) is 11.9 Å². The minimum absolute atomic E-state index is 0.134. The molecule has 3 aromatic rings. The summed E-state index contributed by atoms with van der Waals surface area (Å²) in [5, 5.41) is 2.81. The van der Waals surface area contributed by atoms with Crippen molar-refractivity contribution >= 4 is 11.6 Å². The third-order valence-electron chi connectivity index (χ3n) is 3.83. The molecule has 156 valence electrons. The fraction of sp³-hybridized carbons (Fsp3) is 0.143. The summed E-state index contributed by atoms with van der Waals surface area (Å²) >= 11 is 0. The van der Waals surface area contributed by atoms with E-state index in [4.69, 9.17) is 10.5 Å². The Balaban J connectivity index is 1.49. The van der Waals surface area contributed by atoms with E-state index in [1.54, 1.807) is 6.20 Å². The summed E-state index contributed by atoms with van der Waals surface area (Å²) in [7, 11) is 0. The zero-order chi connectivity index (χ0) is 21.4. The maximum atomic E-state index is 12.2. The highest BCUT2D eigenvalue weighted by Gasteiger charge is 2.30. The monoisotopic (exact) mass is 416 g/mol. The van der Waals surface area contributed by atoms with E-state index < -0.39 is 6.36 Å². The molecule has 3 rings (SSSR count). The first-order valence-corrected chi connectivity index (χ1v) is 8.92. The Morgan fingerprint density at radius 3 is 2.30 bits per heavy atom. The zero-order valence-electron chi connectivity index (χ0n) is 15.8. The minimum Gasteiger partial charge on any atom is -0.487 e. The Hall–Kier alpha value is -3.75. The maximum absolute atomic E-state index is 12.2. The van der Waals surface area contributed by atoms with Gasteiger partial charge in [-0.05, 0) is 54.1 Å². The molecule has 0 saturated heterocycles. The molecule has 0 amide bonds. The van der Waals surface area contributed by atoms with Crippen LogP contribution in [0, 0.1) is 0 Å². The van der Waals surface area contributed by atoms with Gasteiger partial charge in [0.25, 0.3) is 0 Å². The van der Waals surface area contributed by atoms with Crippen molar-refractivity contribution in [2.24, 2.45) is 10.7 Å². The largest absolute Gasteiger partial charge is 0.573 e. The van der Waals surface area contributed by atoms with Crippen molar-refractivity contribution in [3.8, 4) is 11.5 Å². The van der Waals surface area contributed by atoms with Crippen molar-refractivity contribution < 1.29 is 22.6 Å². The van der Waals surface area contributed by atoms with Crippen LogP contribution in [0.2, 0.25) is 0 Å². The Morgan fingerprint density at radius 1 is 0.967 bits per heavy atom. The van der Waals surface area contributed by atoms with Crippen LogP contribution in [0.3, 0.4) is 0 Å². The number of aromatic nitrogens is 1. The van der Waals surface area contributed by atoms with Crippen molar-refractivity contribution in [1.29, 1.82) is 0 Å². The van der Waals surface area contributed by atoms with Gasteiger partial charge >= 0.3 is 6.36 Å². The first-order valence-electron chi connectivity index (χ1n) is 8.92. The summed E-state index contributed by atoms with van der Waals surface area (Å²) in [6.07, 6.45) is -3.02. The summed E-state index contributed by atoms with van der Waals surface area (Å²) in [6.45, 7) is 0.705. The highest BCUT2D eigenvalue weighted by Crippen LogP contribution is 2.23. The molecule has 9 heteroatoms. The molecule has 3 N–H and O–H groups in total. The normalized spacial score (nSPS) is 11.8. The molecule has 6 nitrogen and oxygen atoms in total. The van der Waals surface area contributed by atoms with Crippen LogP contribution in [0.15, 0.2) is 77.9 Å². The van der Waals surface area contributed by atoms with Gasteiger partial charge < -0.3 is 20.5 Å². The lowest BCUT2D eigenvalue weighted by Crippen LogP contribution is -2.22. The molecular formula is C21H19F3N4O2. The molecule has 0 saturated carbocycles. The third-order valence-corrected chi connectivity index (χ3v) is 3.83. The molecule has 1 aromatic heterocycles. The number of nitrogens with two attached hydrogens (primary N) is 1. The van der Waals surface area contributed by atoms with Crippen molar-refractivity contribution in [2.45, 2.75) is 19.5 Å². The number of rotatable bonds is 7. The van der Waals surface area contributed by atoms with Gasteiger partial charge in [-0.1, -0.05) is 18.2 Å². The number of hydrogen-bond donors (Lipinski definition) is 2. The van der Waals surface area contributed by atoms with Crippen LogP contribution >= 0.6 is 0 Å². The van der Waals surface area contributed by atoms with Gasteiger partial charge in [0.15, 0.2) is 5.96 Å². The summed E-state index contributed by atoms with van der Waals surface area (Å²) in [5.41, 5.74) is 8.07. The lowest BCUT2D eigenvalue weighted by molar-refractivity contribution is -0.274. The number of hydrogen-bond acceptors (Lipinski definition) is 4. The minimum atomic E-state index is -4.73. The molecule has 1 heterocycles. The predicted molar refractivity (Wildman–Crippen MR) is 107 cm³/mol. The molecular weight excluding hydrogens is 397 g/mol. The number of ether oxygens (including phenoxy) is 2. The lowest BCUT2D eigenvalue weighted by Gasteiger charge is -2.10. The average molecular weight is 416 g/mol. The highest BCUT2D eigenvalue weighted by atomic mass is 19.4. The van der Waals surface area contributed by atoms with E-state index in [0.29, 0.717) is 24.6 Å². The smallest absolute Gasteiger partial charge is 0.487 e. The van der Waals surface area contributed by atoms with Gasteiger partial charge in [-0.3, -0.25) is 4.98 Å². The van der Waals surface area contributed by atoms with Gasteiger partial charge in [0.2, 0.25) is 0 Å². The topological polar surface area (TPSA) is 81.8 Å².